The molecule has 0 amide bonds. The van der Waals surface area contributed by atoms with Crippen LogP contribution in [0.25, 0.3) is 0 Å². The number of rotatable bonds is 10. The largest absolute Gasteiger partial charge is 0.382 e. The van der Waals surface area contributed by atoms with Gasteiger partial charge in [-0.25, -0.2) is 0 Å². The van der Waals surface area contributed by atoms with Gasteiger partial charge in [0.15, 0.2) is 0 Å². The van der Waals surface area contributed by atoms with Gasteiger partial charge in [-0.2, -0.15) is 0 Å². The third-order valence-electron chi connectivity index (χ3n) is 2.16. The summed E-state index contributed by atoms with van der Waals surface area (Å²) >= 11 is 0. The van der Waals surface area contributed by atoms with Gasteiger partial charge in [-0.15, -0.1) is 0 Å². The van der Waals surface area contributed by atoms with Crippen molar-refractivity contribution >= 4 is 0 Å². The van der Waals surface area contributed by atoms with Crippen LogP contribution in [0.4, 0.5) is 0 Å². The van der Waals surface area contributed by atoms with Gasteiger partial charge in [-0.3, -0.25) is 0 Å². The van der Waals surface area contributed by atoms with Gasteiger partial charge >= 0.3 is 0 Å². The van der Waals surface area contributed by atoms with Crippen LogP contribution in [0.5, 0.6) is 0 Å². The van der Waals surface area contributed by atoms with Crippen LogP contribution in [0.3, 0.4) is 0 Å². The van der Waals surface area contributed by atoms with E-state index in [0.29, 0.717) is 12.6 Å². The molecule has 0 aliphatic heterocycles. The zero-order chi connectivity index (χ0) is 10.6. The molecule has 0 bridgehead atoms. The van der Waals surface area contributed by atoms with Crippen molar-refractivity contribution in [2.45, 2.75) is 39.2 Å². The minimum Gasteiger partial charge on any atom is -0.382 e. The second kappa shape index (κ2) is 11.0. The Morgan fingerprint density at radius 2 is 1.93 bits per heavy atom. The molecule has 0 saturated carbocycles. The van der Waals surface area contributed by atoms with E-state index in [1.807, 2.05) is 0 Å². The molecule has 1 atom stereocenters. The molecule has 0 aliphatic rings. The Balaban J connectivity index is 2.98. The first-order valence-corrected chi connectivity index (χ1v) is 5.61. The fourth-order valence-electron chi connectivity index (χ4n) is 1.35. The van der Waals surface area contributed by atoms with E-state index in [4.69, 9.17) is 9.47 Å². The summed E-state index contributed by atoms with van der Waals surface area (Å²) in [4.78, 5) is 0. The molecule has 0 rings (SSSR count). The number of hydrogen-bond donors (Lipinski definition) is 1. The number of nitrogens with one attached hydrogen (secondary N) is 1. The van der Waals surface area contributed by atoms with Crippen molar-refractivity contribution in [3.63, 3.8) is 0 Å². The molecule has 0 aromatic rings. The molecule has 0 aliphatic carbocycles. The van der Waals surface area contributed by atoms with Crippen LogP contribution in [0.2, 0.25) is 0 Å². The normalized spacial score (nSPS) is 13.1. The summed E-state index contributed by atoms with van der Waals surface area (Å²) in [6, 6.07) is 0.638. The van der Waals surface area contributed by atoms with Crippen LogP contribution in [0, 0.1) is 0 Å². The molecule has 86 valence electrons. The molecule has 0 radical (unpaired) electrons. The van der Waals surface area contributed by atoms with E-state index >= 15 is 0 Å². The summed E-state index contributed by atoms with van der Waals surface area (Å²) in [6.07, 6.45) is 3.63. The lowest BCUT2D eigenvalue weighted by molar-refractivity contribution is 0.0684. The molecule has 3 nitrogen and oxygen atoms in total. The second-order valence-electron chi connectivity index (χ2n) is 3.56. The van der Waals surface area contributed by atoms with Crippen LogP contribution in [-0.2, 0) is 9.47 Å². The molecule has 0 saturated heterocycles. The number of methoxy groups -OCH3 is 1. The maximum atomic E-state index is 5.37. The van der Waals surface area contributed by atoms with Crippen molar-refractivity contribution in [2.75, 3.05) is 33.5 Å². The Morgan fingerprint density at radius 1 is 1.14 bits per heavy atom. The van der Waals surface area contributed by atoms with Crippen LogP contribution < -0.4 is 5.32 Å². The maximum absolute atomic E-state index is 5.37. The number of ether oxygens (including phenoxy) is 2. The Labute approximate surface area is 88.2 Å². The summed E-state index contributed by atoms with van der Waals surface area (Å²) in [5, 5.41) is 3.40. The molecule has 3 heteroatoms. The molecule has 0 heterocycles. The first kappa shape index (κ1) is 13.9. The second-order valence-corrected chi connectivity index (χ2v) is 3.56. The summed E-state index contributed by atoms with van der Waals surface area (Å²) in [5.74, 6) is 0. The lowest BCUT2D eigenvalue weighted by atomic mass is 10.1. The highest BCUT2D eigenvalue weighted by Crippen LogP contribution is 2.00. The lowest BCUT2D eigenvalue weighted by Crippen LogP contribution is -2.25. The molecule has 1 unspecified atom stereocenters. The average molecular weight is 203 g/mol. The van der Waals surface area contributed by atoms with Crippen molar-refractivity contribution < 1.29 is 9.47 Å². The maximum Gasteiger partial charge on any atom is 0.0700 e. The van der Waals surface area contributed by atoms with Gasteiger partial charge < -0.3 is 14.8 Å². The van der Waals surface area contributed by atoms with E-state index in [1.54, 1.807) is 7.11 Å². The molecule has 0 aromatic heterocycles. The predicted octanol–water partition coefficient (Wildman–Crippen LogP) is 1.82. The summed E-state index contributed by atoms with van der Waals surface area (Å²) in [6.45, 7) is 7.72. The third-order valence-corrected chi connectivity index (χ3v) is 2.16. The number of unbranched alkanes of at least 4 members (excludes halogenated alkanes) is 1. The van der Waals surface area contributed by atoms with Gasteiger partial charge in [0.05, 0.1) is 13.2 Å². The molecular formula is C11H25NO2. The monoisotopic (exact) mass is 203 g/mol. The van der Waals surface area contributed by atoms with Crippen molar-refractivity contribution in [1.82, 2.24) is 5.32 Å². The van der Waals surface area contributed by atoms with Crippen LogP contribution >= 0.6 is 0 Å². The van der Waals surface area contributed by atoms with E-state index in [0.717, 1.165) is 26.2 Å². The molecule has 14 heavy (non-hydrogen) atoms. The Morgan fingerprint density at radius 3 is 2.57 bits per heavy atom. The molecular weight excluding hydrogens is 178 g/mol. The summed E-state index contributed by atoms with van der Waals surface area (Å²) in [7, 11) is 1.70. The van der Waals surface area contributed by atoms with Crippen molar-refractivity contribution in [3.8, 4) is 0 Å². The highest BCUT2D eigenvalue weighted by atomic mass is 16.5. The first-order valence-electron chi connectivity index (χ1n) is 5.61. The average Bonchev–Trinajstić information content (AvgIpc) is 2.17. The lowest BCUT2D eigenvalue weighted by Gasteiger charge is -2.11. The predicted molar refractivity (Wildman–Crippen MR) is 59.7 cm³/mol. The van der Waals surface area contributed by atoms with Crippen LogP contribution in [0.15, 0.2) is 0 Å². The first-order chi connectivity index (χ1) is 6.81. The fourth-order valence-corrected chi connectivity index (χ4v) is 1.35. The van der Waals surface area contributed by atoms with Crippen LogP contribution in [0.1, 0.15) is 33.1 Å². The van der Waals surface area contributed by atoms with Gasteiger partial charge in [-0.1, -0.05) is 6.92 Å². The van der Waals surface area contributed by atoms with Crippen LogP contribution in [-0.4, -0.2) is 39.5 Å². The van der Waals surface area contributed by atoms with E-state index < -0.39 is 0 Å². The van der Waals surface area contributed by atoms with Crippen molar-refractivity contribution in [1.29, 1.82) is 0 Å². The zero-order valence-electron chi connectivity index (χ0n) is 9.84. The van der Waals surface area contributed by atoms with E-state index in [2.05, 4.69) is 19.2 Å². The number of hydrogen-bond acceptors (Lipinski definition) is 3. The smallest absolute Gasteiger partial charge is 0.0700 e. The highest BCUT2D eigenvalue weighted by Gasteiger charge is 1.98. The third kappa shape index (κ3) is 9.96. The standard InChI is InChI=1S/C11H25NO2/c1-4-12-11(2)7-5-6-8-14-10-9-13-3/h11-12H,4-10H2,1-3H3. The molecule has 0 aromatic carbocycles. The van der Waals surface area contributed by atoms with Crippen molar-refractivity contribution in [2.24, 2.45) is 0 Å². The Kier molecular flexibility index (Phi) is 10.9. The van der Waals surface area contributed by atoms with E-state index in [1.165, 1.54) is 12.8 Å². The van der Waals surface area contributed by atoms with Gasteiger partial charge in [0.25, 0.3) is 0 Å². The SMILES string of the molecule is CCNC(C)CCCCOCCOC. The topological polar surface area (TPSA) is 30.5 Å². The van der Waals surface area contributed by atoms with E-state index in [9.17, 15) is 0 Å². The van der Waals surface area contributed by atoms with Gasteiger partial charge in [0.1, 0.15) is 0 Å². The fraction of sp³-hybridized carbons (Fsp3) is 1.00. The quantitative estimate of drug-likeness (QED) is 0.549. The molecule has 0 fully saturated rings. The molecule has 0 spiro atoms. The minimum absolute atomic E-state index is 0.638. The summed E-state index contributed by atoms with van der Waals surface area (Å²) in [5.41, 5.74) is 0. The summed E-state index contributed by atoms with van der Waals surface area (Å²) < 4.78 is 10.3. The van der Waals surface area contributed by atoms with E-state index in [-0.39, 0.29) is 0 Å². The Hall–Kier alpha value is -0.120. The minimum atomic E-state index is 0.638. The van der Waals surface area contributed by atoms with Crippen molar-refractivity contribution in [3.05, 3.63) is 0 Å². The van der Waals surface area contributed by atoms with Gasteiger partial charge in [-0.05, 0) is 32.7 Å². The van der Waals surface area contributed by atoms with Gasteiger partial charge in [0, 0.05) is 19.8 Å². The zero-order valence-corrected chi connectivity index (χ0v) is 9.84. The van der Waals surface area contributed by atoms with Gasteiger partial charge in [0.2, 0.25) is 0 Å². The highest BCUT2D eigenvalue weighted by molar-refractivity contribution is 4.58. The molecule has 1 N–H and O–H groups in total. The Bertz CT molecular complexity index is 109.